The van der Waals surface area contributed by atoms with Crippen molar-refractivity contribution in [3.05, 3.63) is 27.4 Å². The third-order valence-corrected chi connectivity index (χ3v) is 5.21. The highest BCUT2D eigenvalue weighted by molar-refractivity contribution is 8.01. The van der Waals surface area contributed by atoms with Gasteiger partial charge in [-0.15, -0.1) is 21.5 Å². The highest BCUT2D eigenvalue weighted by Gasteiger charge is 2.11. The Kier molecular flexibility index (Phi) is 4.73. The van der Waals surface area contributed by atoms with E-state index in [1.165, 1.54) is 28.0 Å². The second-order valence-electron chi connectivity index (χ2n) is 3.68. The van der Waals surface area contributed by atoms with Crippen molar-refractivity contribution >= 4 is 40.3 Å². The molecule has 0 aliphatic heterocycles. The zero-order valence-electron chi connectivity index (χ0n) is 10.0. The summed E-state index contributed by atoms with van der Waals surface area (Å²) in [5.74, 6) is 0.401. The fourth-order valence-electron chi connectivity index (χ4n) is 1.36. The van der Waals surface area contributed by atoms with Crippen molar-refractivity contribution in [3.63, 3.8) is 0 Å². The Labute approximate surface area is 118 Å². The average molecular weight is 299 g/mol. The fourth-order valence-corrected chi connectivity index (χ4v) is 3.72. The van der Waals surface area contributed by atoms with Crippen LogP contribution in [0.5, 0.6) is 0 Å². The summed E-state index contributed by atoms with van der Waals surface area (Å²) in [5, 5.41) is 13.8. The predicted molar refractivity (Wildman–Crippen MR) is 76.2 cm³/mol. The van der Waals surface area contributed by atoms with Gasteiger partial charge in [-0.3, -0.25) is 4.79 Å². The molecular weight excluding hydrogens is 286 g/mol. The van der Waals surface area contributed by atoms with Crippen molar-refractivity contribution in [2.24, 2.45) is 0 Å². The molecule has 96 valence electrons. The topological polar surface area (TPSA) is 54.9 Å². The second kappa shape index (κ2) is 6.31. The van der Waals surface area contributed by atoms with Crippen LogP contribution in [0.3, 0.4) is 0 Å². The minimum absolute atomic E-state index is 0.0220. The van der Waals surface area contributed by atoms with E-state index >= 15 is 0 Å². The lowest BCUT2D eigenvalue weighted by molar-refractivity contribution is -0.119. The molecule has 0 bridgehead atoms. The second-order valence-corrected chi connectivity index (χ2v) is 7.06. The first-order valence-corrected chi connectivity index (χ1v) is 8.09. The SMILES string of the molecule is Cc1nnc(SCC(=O)N[C@H](C)c2cccs2)s1. The van der Waals surface area contributed by atoms with E-state index in [0.29, 0.717) is 5.75 Å². The molecule has 7 heteroatoms. The quantitative estimate of drug-likeness (QED) is 0.863. The van der Waals surface area contributed by atoms with E-state index in [0.717, 1.165) is 9.35 Å². The van der Waals surface area contributed by atoms with Gasteiger partial charge in [0.1, 0.15) is 5.01 Å². The maximum atomic E-state index is 11.8. The summed E-state index contributed by atoms with van der Waals surface area (Å²) < 4.78 is 0.839. The Morgan fingerprint density at radius 3 is 3.00 bits per heavy atom. The molecule has 18 heavy (non-hydrogen) atoms. The summed E-state index contributed by atoms with van der Waals surface area (Å²) in [6.07, 6.45) is 0. The maximum absolute atomic E-state index is 11.8. The number of aromatic nitrogens is 2. The molecule has 1 N–H and O–H groups in total. The van der Waals surface area contributed by atoms with Crippen LogP contribution in [0, 0.1) is 6.92 Å². The first-order valence-electron chi connectivity index (χ1n) is 5.41. The van der Waals surface area contributed by atoms with E-state index in [9.17, 15) is 4.79 Å². The number of aryl methyl sites for hydroxylation is 1. The summed E-state index contributed by atoms with van der Waals surface area (Å²) in [6.45, 7) is 3.89. The van der Waals surface area contributed by atoms with Crippen LogP contribution in [-0.4, -0.2) is 21.9 Å². The number of amides is 1. The number of hydrogen-bond donors (Lipinski definition) is 1. The van der Waals surface area contributed by atoms with Crippen molar-refractivity contribution in [1.82, 2.24) is 15.5 Å². The molecule has 0 saturated heterocycles. The highest BCUT2D eigenvalue weighted by atomic mass is 32.2. The van der Waals surface area contributed by atoms with Gasteiger partial charge in [0.2, 0.25) is 5.91 Å². The maximum Gasteiger partial charge on any atom is 0.230 e. The Balaban J connectivity index is 1.78. The first-order chi connectivity index (χ1) is 8.65. The molecule has 2 aromatic rings. The number of nitrogens with zero attached hydrogens (tertiary/aromatic N) is 2. The van der Waals surface area contributed by atoms with E-state index in [4.69, 9.17) is 0 Å². The lowest BCUT2D eigenvalue weighted by Gasteiger charge is -2.11. The van der Waals surface area contributed by atoms with Gasteiger partial charge in [0.15, 0.2) is 4.34 Å². The number of rotatable bonds is 5. The van der Waals surface area contributed by atoms with Crippen molar-refractivity contribution in [3.8, 4) is 0 Å². The summed E-state index contributed by atoms with van der Waals surface area (Å²) in [4.78, 5) is 12.9. The van der Waals surface area contributed by atoms with Gasteiger partial charge in [0, 0.05) is 4.88 Å². The highest BCUT2D eigenvalue weighted by Crippen LogP contribution is 2.22. The Hall–Kier alpha value is -0.920. The molecule has 1 atom stereocenters. The number of hydrogen-bond acceptors (Lipinski definition) is 6. The molecule has 1 amide bonds. The van der Waals surface area contributed by atoms with E-state index in [1.54, 1.807) is 11.3 Å². The smallest absolute Gasteiger partial charge is 0.230 e. The van der Waals surface area contributed by atoms with Gasteiger partial charge in [0.05, 0.1) is 11.8 Å². The van der Waals surface area contributed by atoms with Gasteiger partial charge in [0.25, 0.3) is 0 Å². The van der Waals surface area contributed by atoms with Gasteiger partial charge >= 0.3 is 0 Å². The van der Waals surface area contributed by atoms with Crippen LogP contribution < -0.4 is 5.32 Å². The number of carbonyl (C=O) groups is 1. The van der Waals surface area contributed by atoms with E-state index < -0.39 is 0 Å². The van der Waals surface area contributed by atoms with Gasteiger partial charge in [-0.05, 0) is 25.3 Å². The molecule has 0 fully saturated rings. The molecule has 0 radical (unpaired) electrons. The zero-order chi connectivity index (χ0) is 13.0. The monoisotopic (exact) mass is 299 g/mol. The summed E-state index contributed by atoms with van der Waals surface area (Å²) in [6, 6.07) is 4.08. The van der Waals surface area contributed by atoms with Crippen LogP contribution in [0.25, 0.3) is 0 Å². The van der Waals surface area contributed by atoms with Crippen molar-refractivity contribution in [1.29, 1.82) is 0 Å². The van der Waals surface area contributed by atoms with Crippen LogP contribution in [0.2, 0.25) is 0 Å². The molecule has 2 rings (SSSR count). The zero-order valence-corrected chi connectivity index (χ0v) is 12.5. The van der Waals surface area contributed by atoms with Crippen molar-refractivity contribution < 1.29 is 4.79 Å². The van der Waals surface area contributed by atoms with E-state index in [1.807, 2.05) is 31.4 Å². The molecular formula is C11H13N3OS3. The molecule has 2 heterocycles. The molecule has 2 aromatic heterocycles. The van der Waals surface area contributed by atoms with Crippen LogP contribution in [0.1, 0.15) is 22.9 Å². The van der Waals surface area contributed by atoms with Crippen LogP contribution in [0.15, 0.2) is 21.9 Å². The predicted octanol–water partition coefficient (Wildman–Crippen LogP) is 2.88. The molecule has 0 saturated carbocycles. The minimum atomic E-state index is 0.0220. The lowest BCUT2D eigenvalue weighted by Crippen LogP contribution is -2.27. The van der Waals surface area contributed by atoms with Gasteiger partial charge in [-0.25, -0.2) is 0 Å². The number of nitrogens with one attached hydrogen (secondary N) is 1. The van der Waals surface area contributed by atoms with Crippen molar-refractivity contribution in [2.75, 3.05) is 5.75 Å². The van der Waals surface area contributed by atoms with E-state index in [-0.39, 0.29) is 11.9 Å². The van der Waals surface area contributed by atoms with E-state index in [2.05, 4.69) is 15.5 Å². The average Bonchev–Trinajstić information content (AvgIpc) is 2.97. The third-order valence-electron chi connectivity index (χ3n) is 2.18. The summed E-state index contributed by atoms with van der Waals surface area (Å²) in [5.41, 5.74) is 0. The standard InChI is InChI=1S/C11H13N3OS3/c1-7(9-4-3-5-16-9)12-10(15)6-17-11-14-13-8(2)18-11/h3-5,7H,6H2,1-2H3,(H,12,15)/t7-/m1/s1. The lowest BCUT2D eigenvalue weighted by atomic mass is 10.3. The molecule has 0 unspecified atom stereocenters. The summed E-state index contributed by atoms with van der Waals surface area (Å²) >= 11 is 4.58. The molecule has 0 aliphatic carbocycles. The number of thiophene rings is 1. The molecule has 0 aromatic carbocycles. The number of carbonyl (C=O) groups excluding carboxylic acids is 1. The summed E-state index contributed by atoms with van der Waals surface area (Å²) in [7, 11) is 0. The molecule has 0 aliphatic rings. The number of thioether (sulfide) groups is 1. The van der Waals surface area contributed by atoms with Gasteiger partial charge in [-0.1, -0.05) is 29.2 Å². The molecule has 0 spiro atoms. The third kappa shape index (κ3) is 3.79. The normalized spacial score (nSPS) is 12.3. The molecule has 4 nitrogen and oxygen atoms in total. The van der Waals surface area contributed by atoms with Crippen LogP contribution in [-0.2, 0) is 4.79 Å². The van der Waals surface area contributed by atoms with Gasteiger partial charge in [-0.2, -0.15) is 0 Å². The first kappa shape index (κ1) is 13.5. The Bertz CT molecular complexity index is 509. The van der Waals surface area contributed by atoms with Crippen molar-refractivity contribution in [2.45, 2.75) is 24.2 Å². The Morgan fingerprint density at radius 2 is 2.39 bits per heavy atom. The largest absolute Gasteiger partial charge is 0.348 e. The fraction of sp³-hybridized carbons (Fsp3) is 0.364. The van der Waals surface area contributed by atoms with Gasteiger partial charge < -0.3 is 5.32 Å². The van der Waals surface area contributed by atoms with Crippen LogP contribution >= 0.6 is 34.4 Å². The Morgan fingerprint density at radius 1 is 1.56 bits per heavy atom. The minimum Gasteiger partial charge on any atom is -0.348 e. The van der Waals surface area contributed by atoms with Crippen LogP contribution in [0.4, 0.5) is 0 Å².